The van der Waals surface area contributed by atoms with Crippen LogP contribution in [0.15, 0.2) is 52.2 Å². The van der Waals surface area contributed by atoms with Gasteiger partial charge in [-0.15, -0.1) is 0 Å². The minimum Gasteiger partial charge on any atom is -0.358 e. The maximum Gasteiger partial charge on any atom is 0.340 e. The Morgan fingerprint density at radius 3 is 2.36 bits per heavy atom. The Morgan fingerprint density at radius 1 is 1.07 bits per heavy atom. The van der Waals surface area contributed by atoms with Crippen molar-refractivity contribution in [1.29, 1.82) is 0 Å². The van der Waals surface area contributed by atoms with E-state index in [2.05, 4.69) is 4.98 Å². The predicted octanol–water partition coefficient (Wildman–Crippen LogP) is 3.72. The molecule has 1 aromatic heterocycles. The van der Waals surface area contributed by atoms with E-state index in [4.69, 9.17) is 15.8 Å². The molecule has 3 aromatic rings. The molecule has 0 radical (unpaired) electrons. The first-order valence-corrected chi connectivity index (χ1v) is 9.96. The fourth-order valence-corrected chi connectivity index (χ4v) is 3.72. The minimum absolute atomic E-state index is 0.0541. The van der Waals surface area contributed by atoms with Gasteiger partial charge in [-0.1, -0.05) is 35.4 Å². The van der Waals surface area contributed by atoms with E-state index in [1.54, 1.807) is 12.1 Å². The van der Waals surface area contributed by atoms with Crippen molar-refractivity contribution in [1.82, 2.24) is 9.55 Å². The molecule has 0 atom stereocenters. The molecule has 0 aliphatic rings. The molecule has 0 amide bonds. The first-order valence-electron chi connectivity index (χ1n) is 8.17. The van der Waals surface area contributed by atoms with Gasteiger partial charge in [0.05, 0.1) is 11.3 Å². The molecule has 2 aromatic carbocycles. The largest absolute Gasteiger partial charge is 0.358 e. The Kier molecular flexibility index (Phi) is 5.27. The minimum atomic E-state index is -4.18. The third-order valence-corrected chi connectivity index (χ3v) is 5.70. The van der Waals surface area contributed by atoms with Gasteiger partial charge in [0.15, 0.2) is 0 Å². The summed E-state index contributed by atoms with van der Waals surface area (Å²) < 4.78 is 45.0. The summed E-state index contributed by atoms with van der Waals surface area (Å²) >= 11 is 5.97. The molecule has 0 unspecified atom stereocenters. The highest BCUT2D eigenvalue weighted by Gasteiger charge is 2.22. The molecule has 0 aliphatic heterocycles. The zero-order valence-corrected chi connectivity index (χ0v) is 16.8. The standard InChI is InChI=1S/C19H16ClFN2O4S/c1-11-7-9-14(10-8-11)28(25,26)27-18-12(2)19(24)23(13(3)22-18)16-6-4-5-15(21)17(16)20/h4-10H,1-3H3. The SMILES string of the molecule is Cc1ccc(S(=O)(=O)Oc2nc(C)n(-c3cccc(F)c3Cl)c(=O)c2C)cc1. The van der Waals surface area contributed by atoms with Gasteiger partial charge in [-0.2, -0.15) is 13.4 Å². The zero-order valence-electron chi connectivity index (χ0n) is 15.2. The monoisotopic (exact) mass is 422 g/mol. The first-order chi connectivity index (χ1) is 13.1. The molecule has 146 valence electrons. The van der Waals surface area contributed by atoms with Gasteiger partial charge in [0.25, 0.3) is 5.56 Å². The summed E-state index contributed by atoms with van der Waals surface area (Å²) in [7, 11) is -4.18. The lowest BCUT2D eigenvalue weighted by molar-refractivity contribution is 0.469. The molecule has 3 rings (SSSR count). The van der Waals surface area contributed by atoms with Gasteiger partial charge >= 0.3 is 10.1 Å². The summed E-state index contributed by atoms with van der Waals surface area (Å²) in [5.41, 5.74) is 0.321. The highest BCUT2D eigenvalue weighted by molar-refractivity contribution is 7.87. The number of aryl methyl sites for hydroxylation is 2. The van der Waals surface area contributed by atoms with Crippen LogP contribution in [0, 0.1) is 26.6 Å². The fourth-order valence-electron chi connectivity index (χ4n) is 2.57. The Morgan fingerprint density at radius 2 is 1.71 bits per heavy atom. The van der Waals surface area contributed by atoms with Crippen LogP contribution in [-0.4, -0.2) is 18.0 Å². The lowest BCUT2D eigenvalue weighted by Gasteiger charge is -2.15. The van der Waals surface area contributed by atoms with E-state index in [1.807, 2.05) is 6.92 Å². The number of nitrogens with zero attached hydrogens (tertiary/aromatic N) is 2. The number of hydrogen-bond donors (Lipinski definition) is 0. The van der Waals surface area contributed by atoms with Crippen molar-refractivity contribution < 1.29 is 17.0 Å². The quantitative estimate of drug-likeness (QED) is 0.599. The highest BCUT2D eigenvalue weighted by atomic mass is 35.5. The molecule has 6 nitrogen and oxygen atoms in total. The van der Waals surface area contributed by atoms with Crippen LogP contribution in [0.25, 0.3) is 5.69 Å². The van der Waals surface area contributed by atoms with E-state index < -0.39 is 21.5 Å². The van der Waals surface area contributed by atoms with Gasteiger partial charge < -0.3 is 4.18 Å². The first kappa shape index (κ1) is 20.0. The molecule has 0 saturated carbocycles. The smallest absolute Gasteiger partial charge is 0.340 e. The number of aromatic nitrogens is 2. The van der Waals surface area contributed by atoms with Gasteiger partial charge in [-0.25, -0.2) is 4.39 Å². The maximum atomic E-state index is 13.8. The van der Waals surface area contributed by atoms with Crippen LogP contribution < -0.4 is 9.74 Å². The molecular formula is C19H16ClFN2O4S. The normalized spacial score (nSPS) is 11.5. The Labute approximate surface area is 166 Å². The van der Waals surface area contributed by atoms with E-state index >= 15 is 0 Å². The molecule has 0 bridgehead atoms. The van der Waals surface area contributed by atoms with Crippen molar-refractivity contribution in [2.24, 2.45) is 0 Å². The van der Waals surface area contributed by atoms with Crippen molar-refractivity contribution in [3.8, 4) is 11.6 Å². The van der Waals surface area contributed by atoms with Gasteiger partial charge in [-0.3, -0.25) is 9.36 Å². The molecule has 0 fully saturated rings. The average molecular weight is 423 g/mol. The van der Waals surface area contributed by atoms with Crippen LogP contribution in [0.1, 0.15) is 17.0 Å². The Bertz CT molecular complexity index is 1220. The van der Waals surface area contributed by atoms with Gasteiger partial charge in [0.2, 0.25) is 5.88 Å². The van der Waals surface area contributed by atoms with Crippen molar-refractivity contribution in [2.75, 3.05) is 0 Å². The average Bonchev–Trinajstić information content (AvgIpc) is 2.63. The zero-order chi connectivity index (χ0) is 20.6. The van der Waals surface area contributed by atoms with Crippen LogP contribution in [0.4, 0.5) is 4.39 Å². The van der Waals surface area contributed by atoms with Crippen LogP contribution in [0.5, 0.6) is 5.88 Å². The molecule has 0 aliphatic carbocycles. The predicted molar refractivity (Wildman–Crippen MR) is 103 cm³/mol. The van der Waals surface area contributed by atoms with E-state index in [9.17, 15) is 17.6 Å². The molecule has 28 heavy (non-hydrogen) atoms. The summed E-state index contributed by atoms with van der Waals surface area (Å²) in [6, 6.07) is 10.1. The summed E-state index contributed by atoms with van der Waals surface area (Å²) in [6.07, 6.45) is 0. The third-order valence-electron chi connectivity index (χ3n) is 4.10. The highest BCUT2D eigenvalue weighted by Crippen LogP contribution is 2.25. The van der Waals surface area contributed by atoms with E-state index in [-0.39, 0.29) is 32.9 Å². The second-order valence-electron chi connectivity index (χ2n) is 6.15. The molecule has 9 heteroatoms. The van der Waals surface area contributed by atoms with Crippen molar-refractivity contribution in [2.45, 2.75) is 25.7 Å². The molecule has 0 N–H and O–H groups in total. The third kappa shape index (κ3) is 3.65. The van der Waals surface area contributed by atoms with Gasteiger partial charge in [-0.05, 0) is 45.0 Å². The van der Waals surface area contributed by atoms with Crippen LogP contribution in [-0.2, 0) is 10.1 Å². The molecule has 0 spiro atoms. The summed E-state index contributed by atoms with van der Waals surface area (Å²) in [5.74, 6) is -0.936. The van der Waals surface area contributed by atoms with Crippen molar-refractivity contribution >= 4 is 21.7 Å². The summed E-state index contributed by atoms with van der Waals surface area (Å²) in [6.45, 7) is 4.66. The number of hydrogen-bond acceptors (Lipinski definition) is 5. The van der Waals surface area contributed by atoms with Gasteiger partial charge in [0, 0.05) is 0 Å². The van der Waals surface area contributed by atoms with E-state index in [0.29, 0.717) is 0 Å². The number of benzene rings is 2. The topological polar surface area (TPSA) is 78.3 Å². The Balaban J connectivity index is 2.09. The lowest BCUT2D eigenvalue weighted by Crippen LogP contribution is -2.26. The van der Waals surface area contributed by atoms with Gasteiger partial charge in [0.1, 0.15) is 21.6 Å². The van der Waals surface area contributed by atoms with E-state index in [0.717, 1.165) is 16.2 Å². The maximum absolute atomic E-state index is 13.8. The number of rotatable bonds is 4. The second kappa shape index (κ2) is 7.37. The molecular weight excluding hydrogens is 407 g/mol. The molecule has 1 heterocycles. The molecule has 0 saturated heterocycles. The van der Waals surface area contributed by atoms with Crippen molar-refractivity contribution in [3.05, 3.63) is 80.6 Å². The van der Waals surface area contributed by atoms with Crippen molar-refractivity contribution in [3.63, 3.8) is 0 Å². The van der Waals surface area contributed by atoms with Crippen LogP contribution in [0.3, 0.4) is 0 Å². The fraction of sp³-hybridized carbons (Fsp3) is 0.158. The lowest BCUT2D eigenvalue weighted by atomic mass is 10.2. The second-order valence-corrected chi connectivity index (χ2v) is 8.08. The van der Waals surface area contributed by atoms with E-state index in [1.165, 1.54) is 38.1 Å². The van der Waals surface area contributed by atoms with Crippen LogP contribution in [0.2, 0.25) is 5.02 Å². The summed E-state index contributed by atoms with van der Waals surface area (Å²) in [4.78, 5) is 16.8. The number of halogens is 2. The summed E-state index contributed by atoms with van der Waals surface area (Å²) in [5, 5.41) is -0.241. The van der Waals surface area contributed by atoms with Crippen LogP contribution >= 0.6 is 11.6 Å². The Hall–Kier alpha value is -2.71.